The summed E-state index contributed by atoms with van der Waals surface area (Å²) in [5, 5.41) is 0.510. The van der Waals surface area contributed by atoms with Crippen molar-refractivity contribution in [2.75, 3.05) is 12.3 Å². The summed E-state index contributed by atoms with van der Waals surface area (Å²) >= 11 is 1.91. The maximum Gasteiger partial charge on any atom is 0.243 e. The second kappa shape index (κ2) is 4.25. The molecule has 18 heavy (non-hydrogen) atoms. The van der Waals surface area contributed by atoms with E-state index in [4.69, 9.17) is 0 Å². The highest BCUT2D eigenvalue weighted by molar-refractivity contribution is 8.00. The van der Waals surface area contributed by atoms with Crippen molar-refractivity contribution in [2.24, 2.45) is 0 Å². The number of nitrogens with zero attached hydrogens (tertiary/aromatic N) is 1. The van der Waals surface area contributed by atoms with Crippen LogP contribution in [0, 0.1) is 13.8 Å². The van der Waals surface area contributed by atoms with Crippen LogP contribution in [0.25, 0.3) is 0 Å². The Balaban J connectivity index is 1.97. The van der Waals surface area contributed by atoms with Gasteiger partial charge in [-0.2, -0.15) is 16.1 Å². The summed E-state index contributed by atoms with van der Waals surface area (Å²) < 4.78 is 26.9. The van der Waals surface area contributed by atoms with Gasteiger partial charge in [0.05, 0.1) is 4.90 Å². The molecule has 0 N–H and O–H groups in total. The quantitative estimate of drug-likeness (QED) is 0.835. The lowest BCUT2D eigenvalue weighted by Crippen LogP contribution is -2.39. The van der Waals surface area contributed by atoms with Crippen LogP contribution in [-0.2, 0) is 10.0 Å². The van der Waals surface area contributed by atoms with E-state index >= 15 is 0 Å². The van der Waals surface area contributed by atoms with E-state index in [-0.39, 0.29) is 6.04 Å². The van der Waals surface area contributed by atoms with Crippen LogP contribution in [0.15, 0.2) is 23.1 Å². The van der Waals surface area contributed by atoms with E-state index in [0.29, 0.717) is 16.7 Å². The second-order valence-corrected chi connectivity index (χ2v) is 8.39. The molecule has 2 aliphatic rings. The standard InChI is InChI=1S/C13H17NO2S2/c1-9-3-4-13(5-10(9)2)18(15,16)14-7-12-6-11(14)8-17-12/h3-5,11-12H,6-8H2,1-2H3. The number of hydrogen-bond acceptors (Lipinski definition) is 3. The molecule has 2 saturated heterocycles. The first-order chi connectivity index (χ1) is 8.48. The van der Waals surface area contributed by atoms with Gasteiger partial charge >= 0.3 is 0 Å². The Morgan fingerprint density at radius 1 is 1.28 bits per heavy atom. The van der Waals surface area contributed by atoms with E-state index in [1.165, 1.54) is 0 Å². The van der Waals surface area contributed by atoms with E-state index in [9.17, 15) is 8.42 Å². The Labute approximate surface area is 113 Å². The highest BCUT2D eigenvalue weighted by atomic mass is 32.2. The average Bonchev–Trinajstić information content (AvgIpc) is 2.94. The van der Waals surface area contributed by atoms with Crippen molar-refractivity contribution in [3.05, 3.63) is 29.3 Å². The normalized spacial score (nSPS) is 27.9. The monoisotopic (exact) mass is 283 g/mol. The summed E-state index contributed by atoms with van der Waals surface area (Å²) in [4.78, 5) is 0.447. The zero-order valence-electron chi connectivity index (χ0n) is 10.6. The first kappa shape index (κ1) is 12.5. The SMILES string of the molecule is Cc1ccc(S(=O)(=O)N2CC3CC2CS3)cc1C. The van der Waals surface area contributed by atoms with Crippen molar-refractivity contribution in [1.29, 1.82) is 0 Å². The van der Waals surface area contributed by atoms with Gasteiger partial charge in [0.2, 0.25) is 10.0 Å². The predicted octanol–water partition coefficient (Wildman–Crippen LogP) is 2.18. The highest BCUT2D eigenvalue weighted by Gasteiger charge is 2.44. The molecule has 2 atom stereocenters. The van der Waals surface area contributed by atoms with Gasteiger partial charge < -0.3 is 0 Å². The summed E-state index contributed by atoms with van der Waals surface area (Å²) in [6.45, 7) is 4.64. The highest BCUT2D eigenvalue weighted by Crippen LogP contribution is 2.40. The molecule has 0 amide bonds. The Morgan fingerprint density at radius 2 is 2.06 bits per heavy atom. The van der Waals surface area contributed by atoms with Gasteiger partial charge in [-0.3, -0.25) is 0 Å². The average molecular weight is 283 g/mol. The first-order valence-corrected chi connectivity index (χ1v) is 8.68. The molecule has 5 heteroatoms. The molecule has 2 fully saturated rings. The third-order valence-electron chi connectivity index (χ3n) is 3.94. The molecule has 3 rings (SSSR count). The molecule has 0 radical (unpaired) electrons. The summed E-state index contributed by atoms with van der Waals surface area (Å²) in [6, 6.07) is 5.64. The van der Waals surface area contributed by atoms with Crippen molar-refractivity contribution < 1.29 is 8.42 Å². The van der Waals surface area contributed by atoms with Crippen LogP contribution >= 0.6 is 11.8 Å². The fourth-order valence-electron chi connectivity index (χ4n) is 2.67. The van der Waals surface area contributed by atoms with Crippen molar-refractivity contribution in [2.45, 2.75) is 36.5 Å². The Bertz CT molecular complexity index is 583. The lowest BCUT2D eigenvalue weighted by Gasteiger charge is -2.26. The van der Waals surface area contributed by atoms with Crippen LogP contribution in [0.4, 0.5) is 0 Å². The number of hydrogen-bond donors (Lipinski definition) is 0. The van der Waals surface area contributed by atoms with Crippen LogP contribution < -0.4 is 0 Å². The van der Waals surface area contributed by atoms with E-state index in [1.807, 2.05) is 31.7 Å². The first-order valence-electron chi connectivity index (χ1n) is 6.19. The van der Waals surface area contributed by atoms with Crippen molar-refractivity contribution >= 4 is 21.8 Å². The molecule has 2 unspecified atom stereocenters. The number of thioether (sulfide) groups is 1. The molecule has 0 saturated carbocycles. The molecule has 2 bridgehead atoms. The minimum Gasteiger partial charge on any atom is -0.207 e. The third kappa shape index (κ3) is 1.89. The number of aryl methyl sites for hydroxylation is 2. The molecular weight excluding hydrogens is 266 g/mol. The lowest BCUT2D eigenvalue weighted by molar-refractivity contribution is 0.410. The maximum absolute atomic E-state index is 12.6. The van der Waals surface area contributed by atoms with Gasteiger partial charge in [-0.15, -0.1) is 0 Å². The van der Waals surface area contributed by atoms with Gasteiger partial charge in [-0.1, -0.05) is 6.07 Å². The van der Waals surface area contributed by atoms with Crippen LogP contribution in [-0.4, -0.2) is 36.3 Å². The number of benzene rings is 1. The summed E-state index contributed by atoms with van der Waals surface area (Å²) in [6.07, 6.45) is 1.02. The second-order valence-electron chi connectivity index (χ2n) is 5.17. The van der Waals surface area contributed by atoms with Crippen molar-refractivity contribution in [3.8, 4) is 0 Å². The Hall–Kier alpha value is -0.520. The van der Waals surface area contributed by atoms with Crippen LogP contribution in [0.3, 0.4) is 0 Å². The molecule has 0 aromatic heterocycles. The fraction of sp³-hybridized carbons (Fsp3) is 0.538. The van der Waals surface area contributed by atoms with Crippen LogP contribution in [0.1, 0.15) is 17.5 Å². The molecule has 3 nitrogen and oxygen atoms in total. The van der Waals surface area contributed by atoms with Gasteiger partial charge in [0.15, 0.2) is 0 Å². The van der Waals surface area contributed by atoms with Gasteiger partial charge in [-0.05, 0) is 43.5 Å². The zero-order chi connectivity index (χ0) is 12.9. The minimum absolute atomic E-state index is 0.214. The number of sulfonamides is 1. The maximum atomic E-state index is 12.6. The predicted molar refractivity (Wildman–Crippen MR) is 74.5 cm³/mol. The van der Waals surface area contributed by atoms with Gasteiger partial charge in [0, 0.05) is 23.6 Å². The lowest BCUT2D eigenvalue weighted by atomic mass is 10.1. The van der Waals surface area contributed by atoms with E-state index in [0.717, 1.165) is 23.3 Å². The minimum atomic E-state index is -3.29. The fourth-order valence-corrected chi connectivity index (χ4v) is 6.06. The largest absolute Gasteiger partial charge is 0.243 e. The number of rotatable bonds is 2. The van der Waals surface area contributed by atoms with Gasteiger partial charge in [0.1, 0.15) is 0 Å². The molecule has 1 aromatic carbocycles. The van der Waals surface area contributed by atoms with E-state index in [2.05, 4.69) is 0 Å². The topological polar surface area (TPSA) is 37.4 Å². The van der Waals surface area contributed by atoms with E-state index < -0.39 is 10.0 Å². The van der Waals surface area contributed by atoms with Crippen LogP contribution in [0.5, 0.6) is 0 Å². The Kier molecular flexibility index (Phi) is 2.95. The summed E-state index contributed by atoms with van der Waals surface area (Å²) in [5.74, 6) is 0.953. The third-order valence-corrected chi connectivity index (χ3v) is 7.24. The molecule has 98 valence electrons. The van der Waals surface area contributed by atoms with Gasteiger partial charge in [-0.25, -0.2) is 8.42 Å². The van der Waals surface area contributed by atoms with Gasteiger partial charge in [0.25, 0.3) is 0 Å². The smallest absolute Gasteiger partial charge is 0.207 e. The molecule has 0 spiro atoms. The molecule has 2 heterocycles. The van der Waals surface area contributed by atoms with Crippen molar-refractivity contribution in [3.63, 3.8) is 0 Å². The van der Waals surface area contributed by atoms with Crippen LogP contribution in [0.2, 0.25) is 0 Å². The molecule has 2 aliphatic heterocycles. The molecule has 1 aromatic rings. The summed E-state index contributed by atoms with van der Waals surface area (Å²) in [7, 11) is -3.29. The molecule has 0 aliphatic carbocycles. The zero-order valence-corrected chi connectivity index (χ0v) is 12.2. The summed E-state index contributed by atoms with van der Waals surface area (Å²) in [5.41, 5.74) is 2.17. The van der Waals surface area contributed by atoms with E-state index in [1.54, 1.807) is 16.4 Å². The molecular formula is C13H17NO2S2. The Morgan fingerprint density at radius 3 is 2.61 bits per heavy atom. The van der Waals surface area contributed by atoms with Crippen molar-refractivity contribution in [1.82, 2.24) is 4.31 Å². The number of fused-ring (bicyclic) bond motifs is 2.